The summed E-state index contributed by atoms with van der Waals surface area (Å²) in [5.74, 6) is -1.13. The third kappa shape index (κ3) is 2.27. The lowest BCUT2D eigenvalue weighted by molar-refractivity contribution is -0.117. The Morgan fingerprint density at radius 2 is 2.24 bits per heavy atom. The standard InChI is InChI=1S/C9H10FN3O3S/c10-7-4-12-2-1-8(7)13-5-6(3-9(13)14)17(11,15)16/h1-2,4,6H,3,5H2,(H2,11,15,16). The van der Waals surface area contributed by atoms with Gasteiger partial charge in [0.15, 0.2) is 5.82 Å². The molecule has 0 aromatic carbocycles. The van der Waals surface area contributed by atoms with E-state index in [2.05, 4.69) is 4.98 Å². The predicted octanol–water partition coefficient (Wildman–Crippen LogP) is -0.385. The van der Waals surface area contributed by atoms with Gasteiger partial charge in [-0.1, -0.05) is 0 Å². The lowest BCUT2D eigenvalue weighted by Gasteiger charge is -2.16. The van der Waals surface area contributed by atoms with Crippen LogP contribution in [0.15, 0.2) is 18.5 Å². The number of hydrogen-bond acceptors (Lipinski definition) is 4. The summed E-state index contributed by atoms with van der Waals surface area (Å²) < 4.78 is 35.7. The van der Waals surface area contributed by atoms with Crippen molar-refractivity contribution in [1.82, 2.24) is 4.98 Å². The Morgan fingerprint density at radius 3 is 2.76 bits per heavy atom. The van der Waals surface area contributed by atoms with Crippen LogP contribution in [0.4, 0.5) is 10.1 Å². The highest BCUT2D eigenvalue weighted by Crippen LogP contribution is 2.25. The summed E-state index contributed by atoms with van der Waals surface area (Å²) in [5.41, 5.74) is 0.0242. The third-order valence-corrected chi connectivity index (χ3v) is 3.84. The molecule has 0 spiro atoms. The van der Waals surface area contributed by atoms with E-state index < -0.39 is 27.0 Å². The molecule has 0 radical (unpaired) electrons. The van der Waals surface area contributed by atoms with E-state index in [-0.39, 0.29) is 18.7 Å². The molecular weight excluding hydrogens is 249 g/mol. The minimum atomic E-state index is -3.79. The fraction of sp³-hybridized carbons (Fsp3) is 0.333. The molecule has 92 valence electrons. The van der Waals surface area contributed by atoms with Gasteiger partial charge >= 0.3 is 0 Å². The van der Waals surface area contributed by atoms with Crippen molar-refractivity contribution in [2.75, 3.05) is 11.4 Å². The normalized spacial score (nSPS) is 20.9. The molecule has 2 heterocycles. The van der Waals surface area contributed by atoms with Gasteiger partial charge in [0.05, 0.1) is 11.9 Å². The second kappa shape index (κ2) is 4.04. The Balaban J connectivity index is 2.31. The maximum atomic E-state index is 13.4. The third-order valence-electron chi connectivity index (χ3n) is 2.60. The number of pyridine rings is 1. The molecule has 1 amide bonds. The van der Waals surface area contributed by atoms with Crippen molar-refractivity contribution < 1.29 is 17.6 Å². The summed E-state index contributed by atoms with van der Waals surface area (Å²) in [6, 6.07) is 1.32. The van der Waals surface area contributed by atoms with Crippen LogP contribution in [-0.2, 0) is 14.8 Å². The Labute approximate surface area is 97.3 Å². The van der Waals surface area contributed by atoms with Crippen molar-refractivity contribution in [2.24, 2.45) is 5.14 Å². The first-order valence-electron chi connectivity index (χ1n) is 4.81. The van der Waals surface area contributed by atoms with Crippen LogP contribution in [0.5, 0.6) is 0 Å². The van der Waals surface area contributed by atoms with Crippen LogP contribution in [0.2, 0.25) is 0 Å². The van der Waals surface area contributed by atoms with E-state index in [0.29, 0.717) is 0 Å². The van der Waals surface area contributed by atoms with Crippen LogP contribution in [-0.4, -0.2) is 31.1 Å². The maximum Gasteiger partial charge on any atom is 0.228 e. The quantitative estimate of drug-likeness (QED) is 0.783. The van der Waals surface area contributed by atoms with Gasteiger partial charge in [-0.3, -0.25) is 9.78 Å². The van der Waals surface area contributed by atoms with E-state index in [9.17, 15) is 17.6 Å². The molecule has 1 fully saturated rings. The van der Waals surface area contributed by atoms with Gasteiger partial charge in [-0.2, -0.15) is 0 Å². The monoisotopic (exact) mass is 259 g/mol. The molecule has 1 aliphatic heterocycles. The van der Waals surface area contributed by atoms with Crippen molar-refractivity contribution in [1.29, 1.82) is 0 Å². The number of halogens is 1. The lowest BCUT2D eigenvalue weighted by Crippen LogP contribution is -2.32. The minimum absolute atomic E-state index is 0.0242. The summed E-state index contributed by atoms with van der Waals surface area (Å²) in [4.78, 5) is 16.2. The number of primary sulfonamides is 1. The summed E-state index contributed by atoms with van der Waals surface area (Å²) in [6.45, 7) is -0.126. The van der Waals surface area contributed by atoms with Crippen LogP contribution in [0, 0.1) is 5.82 Å². The van der Waals surface area contributed by atoms with Gasteiger partial charge in [-0.05, 0) is 6.07 Å². The SMILES string of the molecule is NS(=O)(=O)C1CC(=O)N(c2ccncc2F)C1. The topological polar surface area (TPSA) is 93.4 Å². The van der Waals surface area contributed by atoms with Crippen molar-refractivity contribution in [3.05, 3.63) is 24.3 Å². The Hall–Kier alpha value is -1.54. The highest BCUT2D eigenvalue weighted by molar-refractivity contribution is 7.89. The zero-order chi connectivity index (χ0) is 12.6. The number of amides is 1. The molecule has 1 aromatic rings. The number of carbonyl (C=O) groups is 1. The molecule has 0 aliphatic carbocycles. The van der Waals surface area contributed by atoms with Gasteiger partial charge in [-0.15, -0.1) is 0 Å². The summed E-state index contributed by atoms with van der Waals surface area (Å²) in [7, 11) is -3.79. The molecule has 0 bridgehead atoms. The smallest absolute Gasteiger partial charge is 0.228 e. The number of nitrogens with two attached hydrogens (primary N) is 1. The summed E-state index contributed by atoms with van der Waals surface area (Å²) in [6.07, 6.45) is 2.07. The van der Waals surface area contributed by atoms with Gasteiger partial charge in [-0.25, -0.2) is 17.9 Å². The lowest BCUT2D eigenvalue weighted by atomic mass is 10.3. The first-order valence-corrected chi connectivity index (χ1v) is 6.42. The van der Waals surface area contributed by atoms with E-state index in [4.69, 9.17) is 5.14 Å². The number of hydrogen-bond donors (Lipinski definition) is 1. The van der Waals surface area contributed by atoms with Crippen LogP contribution in [0.3, 0.4) is 0 Å². The highest BCUT2D eigenvalue weighted by atomic mass is 32.2. The number of sulfonamides is 1. The molecule has 1 aliphatic rings. The van der Waals surface area contributed by atoms with Gasteiger partial charge in [0.2, 0.25) is 15.9 Å². The number of rotatable bonds is 2. The molecule has 8 heteroatoms. The van der Waals surface area contributed by atoms with Gasteiger partial charge in [0.25, 0.3) is 0 Å². The molecule has 1 saturated heterocycles. The molecule has 1 aromatic heterocycles. The largest absolute Gasteiger partial charge is 0.308 e. The van der Waals surface area contributed by atoms with Crippen molar-refractivity contribution in [3.63, 3.8) is 0 Å². The van der Waals surface area contributed by atoms with Gasteiger partial charge in [0, 0.05) is 19.2 Å². The second-order valence-electron chi connectivity index (χ2n) is 3.75. The molecule has 1 unspecified atom stereocenters. The average molecular weight is 259 g/mol. The minimum Gasteiger partial charge on any atom is -0.308 e. The molecular formula is C9H10FN3O3S. The van der Waals surface area contributed by atoms with E-state index in [1.165, 1.54) is 12.3 Å². The van der Waals surface area contributed by atoms with Crippen LogP contribution in [0.25, 0.3) is 0 Å². The highest BCUT2D eigenvalue weighted by Gasteiger charge is 2.37. The molecule has 2 N–H and O–H groups in total. The van der Waals surface area contributed by atoms with Crippen LogP contribution in [0.1, 0.15) is 6.42 Å². The van der Waals surface area contributed by atoms with Gasteiger partial charge < -0.3 is 4.90 Å². The molecule has 6 nitrogen and oxygen atoms in total. The fourth-order valence-electron chi connectivity index (χ4n) is 1.71. The zero-order valence-electron chi connectivity index (χ0n) is 8.71. The number of nitrogens with zero attached hydrogens (tertiary/aromatic N) is 2. The van der Waals surface area contributed by atoms with Gasteiger partial charge in [0.1, 0.15) is 5.25 Å². The van der Waals surface area contributed by atoms with Crippen LogP contribution >= 0.6 is 0 Å². The van der Waals surface area contributed by atoms with E-state index in [0.717, 1.165) is 11.1 Å². The van der Waals surface area contributed by atoms with Crippen molar-refractivity contribution in [3.8, 4) is 0 Å². The van der Waals surface area contributed by atoms with Crippen molar-refractivity contribution in [2.45, 2.75) is 11.7 Å². The number of aromatic nitrogens is 1. The molecule has 17 heavy (non-hydrogen) atoms. The summed E-state index contributed by atoms with van der Waals surface area (Å²) in [5, 5.41) is 3.98. The molecule has 0 saturated carbocycles. The Morgan fingerprint density at radius 1 is 1.53 bits per heavy atom. The molecule has 2 rings (SSSR count). The number of anilines is 1. The van der Waals surface area contributed by atoms with E-state index in [1.54, 1.807) is 0 Å². The van der Waals surface area contributed by atoms with Crippen molar-refractivity contribution >= 4 is 21.6 Å². The Bertz CT molecular complexity index is 560. The number of carbonyl (C=O) groups excluding carboxylic acids is 1. The second-order valence-corrected chi connectivity index (χ2v) is 5.59. The first kappa shape index (κ1) is 11.9. The summed E-state index contributed by atoms with van der Waals surface area (Å²) >= 11 is 0. The van der Waals surface area contributed by atoms with E-state index in [1.807, 2.05) is 0 Å². The average Bonchev–Trinajstić information content (AvgIpc) is 2.61. The first-order chi connectivity index (χ1) is 7.89. The fourth-order valence-corrected chi connectivity index (χ4v) is 2.45. The maximum absolute atomic E-state index is 13.4. The van der Waals surface area contributed by atoms with E-state index >= 15 is 0 Å². The predicted molar refractivity (Wildman–Crippen MR) is 58.1 cm³/mol. The zero-order valence-corrected chi connectivity index (χ0v) is 9.52. The molecule has 1 atom stereocenters. The Kier molecular flexibility index (Phi) is 2.84. The van der Waals surface area contributed by atoms with Crippen LogP contribution < -0.4 is 10.0 Å².